The van der Waals surface area contributed by atoms with Crippen molar-refractivity contribution in [2.45, 2.75) is 37.6 Å². The Balaban J connectivity index is 1.71. The van der Waals surface area contributed by atoms with Crippen LogP contribution in [0.4, 0.5) is 0 Å². The summed E-state index contributed by atoms with van der Waals surface area (Å²) in [6, 6.07) is 19.8. The number of hydrogen-bond acceptors (Lipinski definition) is 3. The molecule has 1 fully saturated rings. The van der Waals surface area contributed by atoms with E-state index in [9.17, 15) is 0 Å². The van der Waals surface area contributed by atoms with Gasteiger partial charge in [0, 0.05) is 17.0 Å². The maximum atomic E-state index is 5.62. The number of nitrogens with zero attached hydrogens (tertiary/aromatic N) is 1. The van der Waals surface area contributed by atoms with Crippen LogP contribution >= 0.6 is 0 Å². The van der Waals surface area contributed by atoms with E-state index >= 15 is 0 Å². The Bertz CT molecular complexity index is 1070. The fraction of sp³-hybridized carbons (Fsp3) is 0.320. The molecule has 142 valence electrons. The molecule has 5 rings (SSSR count). The molecule has 0 aromatic heterocycles. The molecule has 2 aliphatic rings. The van der Waals surface area contributed by atoms with E-state index in [1.54, 1.807) is 14.2 Å². The Labute approximate surface area is 166 Å². The number of ether oxygens (including phenoxy) is 2. The van der Waals surface area contributed by atoms with Crippen molar-refractivity contribution in [1.29, 1.82) is 0 Å². The summed E-state index contributed by atoms with van der Waals surface area (Å²) in [5.74, 6) is 2.06. The van der Waals surface area contributed by atoms with Gasteiger partial charge in [-0.3, -0.25) is 4.99 Å². The van der Waals surface area contributed by atoms with Crippen molar-refractivity contribution in [3.63, 3.8) is 0 Å². The molecule has 1 heterocycles. The van der Waals surface area contributed by atoms with Crippen molar-refractivity contribution in [2.75, 3.05) is 14.2 Å². The van der Waals surface area contributed by atoms with E-state index in [-0.39, 0.29) is 0 Å². The fourth-order valence-corrected chi connectivity index (χ4v) is 4.84. The maximum Gasteiger partial charge on any atom is 0.161 e. The highest BCUT2D eigenvalue weighted by Gasteiger charge is 2.34. The standard InChI is InChI=1S/C25H25NO2/c1-27-23-14-20-19-9-5-6-10-22(19)26-25(21(20)15-24(23)28-2)18-12-11-16-7-3-4-8-17(16)13-18/h3-4,7-8,11-15,19,22H,5-6,9-10H2,1-2H3/t19-,22-/m1/s1. The predicted octanol–water partition coefficient (Wildman–Crippen LogP) is 5.73. The quantitative estimate of drug-likeness (QED) is 0.588. The first-order valence-electron chi connectivity index (χ1n) is 10.1. The number of hydrogen-bond donors (Lipinski definition) is 0. The Morgan fingerprint density at radius 1 is 0.821 bits per heavy atom. The molecule has 3 aromatic carbocycles. The number of rotatable bonds is 3. The topological polar surface area (TPSA) is 30.8 Å². The van der Waals surface area contributed by atoms with Gasteiger partial charge in [-0.2, -0.15) is 0 Å². The van der Waals surface area contributed by atoms with Gasteiger partial charge in [0.15, 0.2) is 11.5 Å². The van der Waals surface area contributed by atoms with Gasteiger partial charge in [-0.25, -0.2) is 0 Å². The third-order valence-electron chi connectivity index (χ3n) is 6.26. The first kappa shape index (κ1) is 17.3. The van der Waals surface area contributed by atoms with Crippen molar-refractivity contribution in [3.05, 3.63) is 71.3 Å². The van der Waals surface area contributed by atoms with Gasteiger partial charge in [-0.1, -0.05) is 49.2 Å². The minimum absolute atomic E-state index is 0.362. The summed E-state index contributed by atoms with van der Waals surface area (Å²) in [5, 5.41) is 2.50. The SMILES string of the molecule is COc1cc2c(cc1OC)[C@H]1CCCC[C@H]1N=C2c1ccc2ccccc2c1. The molecule has 3 nitrogen and oxygen atoms in total. The van der Waals surface area contributed by atoms with E-state index in [1.807, 2.05) is 0 Å². The molecule has 1 aliphatic carbocycles. The highest BCUT2D eigenvalue weighted by atomic mass is 16.5. The third kappa shape index (κ3) is 2.77. The van der Waals surface area contributed by atoms with Crippen LogP contribution < -0.4 is 9.47 Å². The Morgan fingerprint density at radius 3 is 2.39 bits per heavy atom. The maximum absolute atomic E-state index is 5.62. The van der Waals surface area contributed by atoms with Gasteiger partial charge in [-0.05, 0) is 47.4 Å². The minimum atomic E-state index is 0.362. The zero-order chi connectivity index (χ0) is 19.1. The second kappa shape index (κ2) is 6.97. The normalized spacial score (nSPS) is 20.9. The van der Waals surface area contributed by atoms with E-state index < -0.39 is 0 Å². The average molecular weight is 371 g/mol. The number of benzene rings is 3. The van der Waals surface area contributed by atoms with Crippen LogP contribution in [-0.2, 0) is 0 Å². The molecule has 0 spiro atoms. The predicted molar refractivity (Wildman–Crippen MR) is 114 cm³/mol. The molecule has 28 heavy (non-hydrogen) atoms. The highest BCUT2D eigenvalue weighted by Crippen LogP contribution is 2.44. The molecule has 3 heteroatoms. The van der Waals surface area contributed by atoms with Crippen molar-refractivity contribution >= 4 is 16.5 Å². The second-order valence-electron chi connectivity index (χ2n) is 7.79. The summed E-state index contributed by atoms with van der Waals surface area (Å²) in [5.41, 5.74) is 4.82. The summed E-state index contributed by atoms with van der Waals surface area (Å²) in [4.78, 5) is 5.27. The molecular weight excluding hydrogens is 346 g/mol. The molecule has 1 aliphatic heterocycles. The Morgan fingerprint density at radius 2 is 1.57 bits per heavy atom. The highest BCUT2D eigenvalue weighted by molar-refractivity contribution is 6.16. The lowest BCUT2D eigenvalue weighted by molar-refractivity contribution is 0.349. The molecule has 0 N–H and O–H groups in total. The first-order chi connectivity index (χ1) is 13.8. The van der Waals surface area contributed by atoms with E-state index in [0.29, 0.717) is 12.0 Å². The van der Waals surface area contributed by atoms with Crippen LogP contribution in [0.2, 0.25) is 0 Å². The summed E-state index contributed by atoms with van der Waals surface area (Å²) < 4.78 is 11.2. The van der Waals surface area contributed by atoms with Gasteiger partial charge < -0.3 is 9.47 Å². The van der Waals surface area contributed by atoms with Crippen molar-refractivity contribution in [2.24, 2.45) is 4.99 Å². The summed E-state index contributed by atoms with van der Waals surface area (Å²) in [6.45, 7) is 0. The molecule has 1 saturated carbocycles. The molecule has 3 aromatic rings. The summed E-state index contributed by atoms with van der Waals surface area (Å²) in [6.07, 6.45) is 4.89. The number of aliphatic imine (C=N–C) groups is 1. The average Bonchev–Trinajstić information content (AvgIpc) is 2.77. The van der Waals surface area contributed by atoms with E-state index in [4.69, 9.17) is 14.5 Å². The van der Waals surface area contributed by atoms with Crippen LogP contribution in [0.25, 0.3) is 10.8 Å². The smallest absolute Gasteiger partial charge is 0.161 e. The zero-order valence-electron chi connectivity index (χ0n) is 16.4. The first-order valence-corrected chi connectivity index (χ1v) is 10.1. The van der Waals surface area contributed by atoms with Gasteiger partial charge in [0.25, 0.3) is 0 Å². The van der Waals surface area contributed by atoms with Gasteiger partial charge in [0.05, 0.1) is 26.0 Å². The molecular formula is C25H25NO2. The third-order valence-corrected chi connectivity index (χ3v) is 6.26. The fourth-order valence-electron chi connectivity index (χ4n) is 4.84. The molecule has 0 radical (unpaired) electrons. The zero-order valence-corrected chi connectivity index (χ0v) is 16.4. The van der Waals surface area contributed by atoms with Crippen LogP contribution in [0.15, 0.2) is 59.6 Å². The monoisotopic (exact) mass is 371 g/mol. The van der Waals surface area contributed by atoms with Gasteiger partial charge in [0.2, 0.25) is 0 Å². The number of fused-ring (bicyclic) bond motifs is 4. The van der Waals surface area contributed by atoms with E-state index in [2.05, 4.69) is 54.6 Å². The largest absolute Gasteiger partial charge is 0.493 e. The van der Waals surface area contributed by atoms with Gasteiger partial charge >= 0.3 is 0 Å². The lowest BCUT2D eigenvalue weighted by Crippen LogP contribution is -2.29. The van der Waals surface area contributed by atoms with Gasteiger partial charge in [-0.15, -0.1) is 0 Å². The van der Waals surface area contributed by atoms with Crippen molar-refractivity contribution < 1.29 is 9.47 Å². The lowest BCUT2D eigenvalue weighted by atomic mass is 9.75. The Hall–Kier alpha value is -2.81. The summed E-state index contributed by atoms with van der Waals surface area (Å²) >= 11 is 0. The second-order valence-corrected chi connectivity index (χ2v) is 7.79. The van der Waals surface area contributed by atoms with Gasteiger partial charge in [0.1, 0.15) is 0 Å². The van der Waals surface area contributed by atoms with Crippen LogP contribution in [0.5, 0.6) is 11.5 Å². The van der Waals surface area contributed by atoms with Crippen LogP contribution in [0, 0.1) is 0 Å². The van der Waals surface area contributed by atoms with E-state index in [1.165, 1.54) is 46.7 Å². The van der Waals surface area contributed by atoms with E-state index in [0.717, 1.165) is 23.6 Å². The summed E-state index contributed by atoms with van der Waals surface area (Å²) in [7, 11) is 3.41. The van der Waals surface area contributed by atoms with Crippen molar-refractivity contribution in [3.8, 4) is 11.5 Å². The van der Waals surface area contributed by atoms with Crippen LogP contribution in [0.1, 0.15) is 48.3 Å². The molecule has 0 amide bonds. The molecule has 0 saturated heterocycles. The molecule has 0 unspecified atom stereocenters. The van der Waals surface area contributed by atoms with Crippen molar-refractivity contribution in [1.82, 2.24) is 0 Å². The van der Waals surface area contributed by atoms with Crippen LogP contribution in [0.3, 0.4) is 0 Å². The lowest BCUT2D eigenvalue weighted by Gasteiger charge is -2.35. The Kier molecular flexibility index (Phi) is 4.31. The van der Waals surface area contributed by atoms with Crippen LogP contribution in [-0.4, -0.2) is 26.0 Å². The molecule has 0 bridgehead atoms. The minimum Gasteiger partial charge on any atom is -0.493 e. The molecule has 2 atom stereocenters. The number of methoxy groups -OCH3 is 2.